The molecule has 0 aromatic carbocycles. The molecule has 84 valence electrons. The van der Waals surface area contributed by atoms with Crippen molar-refractivity contribution in [1.29, 1.82) is 10.5 Å². The summed E-state index contributed by atoms with van der Waals surface area (Å²) in [5.41, 5.74) is 0. The quantitative estimate of drug-likeness (QED) is 0.504. The van der Waals surface area contributed by atoms with Crippen LogP contribution in [0.2, 0.25) is 0 Å². The van der Waals surface area contributed by atoms with Crippen molar-refractivity contribution in [2.45, 2.75) is 13.8 Å². The molecule has 2 atom stereocenters. The third-order valence-corrected chi connectivity index (χ3v) is 1.40. The Bertz CT molecular complexity index is 310. The molecule has 0 saturated carbocycles. The molecule has 16 heavy (non-hydrogen) atoms. The molecule has 8 nitrogen and oxygen atoms in total. The molecular formula is C8H12N8. The average Bonchev–Trinajstić information content (AvgIpc) is 2.31. The fraction of sp³-hybridized carbons (Fsp3) is 0.750. The SMILES string of the molecule is CC(C#N)CN=NN=NN=NCC(C)C#N. The molecule has 0 heterocycles. The highest BCUT2D eigenvalue weighted by Crippen LogP contribution is 1.94. The average molecular weight is 220 g/mol. The maximum absolute atomic E-state index is 8.42. The second-order valence-electron chi connectivity index (χ2n) is 3.07. The van der Waals surface area contributed by atoms with Crippen LogP contribution in [0.5, 0.6) is 0 Å². The van der Waals surface area contributed by atoms with Gasteiger partial charge in [0.15, 0.2) is 0 Å². The van der Waals surface area contributed by atoms with Crippen LogP contribution in [0.3, 0.4) is 0 Å². The Morgan fingerprint density at radius 2 is 1.19 bits per heavy atom. The van der Waals surface area contributed by atoms with Gasteiger partial charge in [0.1, 0.15) is 0 Å². The molecule has 0 spiro atoms. The van der Waals surface area contributed by atoms with Crippen LogP contribution in [0, 0.1) is 34.5 Å². The third kappa shape index (κ3) is 8.38. The van der Waals surface area contributed by atoms with E-state index in [4.69, 9.17) is 10.5 Å². The fourth-order valence-electron chi connectivity index (χ4n) is 0.492. The lowest BCUT2D eigenvalue weighted by Crippen LogP contribution is -1.92. The monoisotopic (exact) mass is 220 g/mol. The summed E-state index contributed by atoms with van der Waals surface area (Å²) in [4.78, 5) is 0. The third-order valence-electron chi connectivity index (χ3n) is 1.40. The molecule has 0 N–H and O–H groups in total. The van der Waals surface area contributed by atoms with Crippen molar-refractivity contribution in [3.8, 4) is 12.1 Å². The first-order chi connectivity index (χ1) is 7.70. The number of nitriles is 2. The lowest BCUT2D eigenvalue weighted by atomic mass is 10.2. The summed E-state index contributed by atoms with van der Waals surface area (Å²) in [6.45, 7) is 3.99. The van der Waals surface area contributed by atoms with Crippen molar-refractivity contribution in [3.63, 3.8) is 0 Å². The number of rotatable bonds is 6. The van der Waals surface area contributed by atoms with Gasteiger partial charge in [-0.15, -0.1) is 0 Å². The summed E-state index contributed by atoms with van der Waals surface area (Å²) in [6.07, 6.45) is 0. The van der Waals surface area contributed by atoms with Crippen LogP contribution >= 0.6 is 0 Å². The van der Waals surface area contributed by atoms with Crippen LogP contribution in [0.25, 0.3) is 0 Å². The Labute approximate surface area is 93.4 Å². The Kier molecular flexibility index (Phi) is 8.04. The smallest absolute Gasteiger partial charge is 0.0777 e. The van der Waals surface area contributed by atoms with Crippen molar-refractivity contribution in [1.82, 2.24) is 0 Å². The molecular weight excluding hydrogens is 208 g/mol. The Hall–Kier alpha value is -2.22. The highest BCUT2D eigenvalue weighted by Gasteiger charge is 1.95. The van der Waals surface area contributed by atoms with Crippen molar-refractivity contribution >= 4 is 0 Å². The van der Waals surface area contributed by atoms with Crippen molar-refractivity contribution in [2.24, 2.45) is 43.0 Å². The van der Waals surface area contributed by atoms with E-state index in [9.17, 15) is 0 Å². The van der Waals surface area contributed by atoms with Gasteiger partial charge < -0.3 is 0 Å². The summed E-state index contributed by atoms with van der Waals surface area (Å²) in [6, 6.07) is 3.99. The Morgan fingerprint density at radius 3 is 1.50 bits per heavy atom. The van der Waals surface area contributed by atoms with Gasteiger partial charge >= 0.3 is 0 Å². The van der Waals surface area contributed by atoms with Gasteiger partial charge in [0.05, 0.1) is 37.1 Å². The van der Waals surface area contributed by atoms with Gasteiger partial charge in [0.2, 0.25) is 0 Å². The maximum atomic E-state index is 8.42. The Morgan fingerprint density at radius 1 is 0.812 bits per heavy atom. The molecule has 0 fully saturated rings. The molecule has 0 aliphatic heterocycles. The number of hydrogen-bond donors (Lipinski definition) is 0. The van der Waals surface area contributed by atoms with Gasteiger partial charge in [-0.25, -0.2) is 0 Å². The zero-order valence-electron chi connectivity index (χ0n) is 9.15. The van der Waals surface area contributed by atoms with Crippen LogP contribution in [-0.4, -0.2) is 13.1 Å². The molecule has 0 saturated heterocycles. The first-order valence-electron chi connectivity index (χ1n) is 4.63. The largest absolute Gasteiger partial charge is 0.198 e. The van der Waals surface area contributed by atoms with Crippen LogP contribution in [-0.2, 0) is 0 Å². The first kappa shape index (κ1) is 13.8. The highest BCUT2D eigenvalue weighted by atomic mass is 15.6. The molecule has 0 bridgehead atoms. The maximum Gasteiger partial charge on any atom is 0.0777 e. The van der Waals surface area contributed by atoms with Gasteiger partial charge in [-0.1, -0.05) is 0 Å². The molecule has 0 aliphatic rings. The van der Waals surface area contributed by atoms with Crippen LogP contribution in [0.15, 0.2) is 31.1 Å². The van der Waals surface area contributed by atoms with Gasteiger partial charge in [-0.3, -0.25) is 0 Å². The molecule has 8 heteroatoms. The van der Waals surface area contributed by atoms with E-state index >= 15 is 0 Å². The highest BCUT2D eigenvalue weighted by molar-refractivity contribution is 4.79. The van der Waals surface area contributed by atoms with Gasteiger partial charge in [-0.2, -0.15) is 20.8 Å². The first-order valence-corrected chi connectivity index (χ1v) is 4.63. The predicted octanol–water partition coefficient (Wildman–Crippen LogP) is 2.49. The molecule has 0 aliphatic carbocycles. The second kappa shape index (κ2) is 9.34. The van der Waals surface area contributed by atoms with Crippen molar-refractivity contribution in [2.75, 3.05) is 13.1 Å². The van der Waals surface area contributed by atoms with Crippen LogP contribution in [0.1, 0.15) is 13.8 Å². The predicted molar refractivity (Wildman–Crippen MR) is 53.9 cm³/mol. The summed E-state index contributed by atoms with van der Waals surface area (Å²) < 4.78 is 0. The molecule has 0 amide bonds. The van der Waals surface area contributed by atoms with E-state index in [1.165, 1.54) is 0 Å². The summed E-state index contributed by atoms with van der Waals surface area (Å²) >= 11 is 0. The van der Waals surface area contributed by atoms with E-state index < -0.39 is 0 Å². The van der Waals surface area contributed by atoms with E-state index in [-0.39, 0.29) is 24.9 Å². The lowest BCUT2D eigenvalue weighted by molar-refractivity contribution is 0.683. The summed E-state index contributed by atoms with van der Waals surface area (Å²) in [7, 11) is 0. The molecule has 0 rings (SSSR count). The van der Waals surface area contributed by atoms with Crippen molar-refractivity contribution in [3.05, 3.63) is 0 Å². The van der Waals surface area contributed by atoms with Crippen LogP contribution in [0.4, 0.5) is 0 Å². The van der Waals surface area contributed by atoms with E-state index in [0.717, 1.165) is 0 Å². The van der Waals surface area contributed by atoms with E-state index in [2.05, 4.69) is 31.1 Å². The molecule has 0 aromatic heterocycles. The van der Waals surface area contributed by atoms with Crippen LogP contribution < -0.4 is 0 Å². The van der Waals surface area contributed by atoms with E-state index in [1.54, 1.807) is 13.8 Å². The molecule has 0 radical (unpaired) electrons. The minimum absolute atomic E-state index is 0.197. The molecule has 2 unspecified atom stereocenters. The number of hydrogen-bond acceptors (Lipinski definition) is 4. The standard InChI is InChI=1S/C8H12N8/c1-7(3-9)5-11-13-15-16-14-12-6-8(2)4-10/h7-8H,5-6H2,1-2H3. The topological polar surface area (TPSA) is 122 Å². The molecule has 0 aromatic rings. The van der Waals surface area contributed by atoms with E-state index in [1.807, 2.05) is 12.1 Å². The Balaban J connectivity index is 3.71. The zero-order chi connectivity index (χ0) is 12.2. The van der Waals surface area contributed by atoms with E-state index in [0.29, 0.717) is 0 Å². The second-order valence-corrected chi connectivity index (χ2v) is 3.07. The van der Waals surface area contributed by atoms with Gasteiger partial charge in [0.25, 0.3) is 0 Å². The van der Waals surface area contributed by atoms with Crippen molar-refractivity contribution < 1.29 is 0 Å². The minimum atomic E-state index is -0.197. The zero-order valence-corrected chi connectivity index (χ0v) is 9.15. The lowest BCUT2D eigenvalue weighted by Gasteiger charge is -1.90. The summed E-state index contributed by atoms with van der Waals surface area (Å²) in [5, 5.41) is 37.1. The normalized spacial score (nSPS) is 15.2. The fourth-order valence-corrected chi connectivity index (χ4v) is 0.492. The van der Waals surface area contributed by atoms with Gasteiger partial charge in [0, 0.05) is 0 Å². The number of nitrogens with zero attached hydrogens (tertiary/aromatic N) is 8. The summed E-state index contributed by atoms with van der Waals surface area (Å²) in [5.74, 6) is -0.394. The van der Waals surface area contributed by atoms with Gasteiger partial charge in [-0.05, 0) is 34.7 Å². The minimum Gasteiger partial charge on any atom is -0.198 e.